The standard InChI is InChI=1S/C10H8ClFN2O/c1-6(5-13)10(15)14-7-2-3-8(11)9(12)4-7/h2-4,6H,1H3,(H,14,15)/t6-/m1/s1. The van der Waals surface area contributed by atoms with Gasteiger partial charge in [-0.25, -0.2) is 4.39 Å². The van der Waals surface area contributed by atoms with Crippen LogP contribution in [0.5, 0.6) is 0 Å². The molecule has 5 heteroatoms. The molecule has 0 saturated carbocycles. The van der Waals surface area contributed by atoms with Crippen LogP contribution in [-0.4, -0.2) is 5.91 Å². The number of benzene rings is 1. The summed E-state index contributed by atoms with van der Waals surface area (Å²) in [5, 5.41) is 10.9. The molecule has 1 atom stereocenters. The third kappa shape index (κ3) is 2.93. The van der Waals surface area contributed by atoms with Gasteiger partial charge in [0.05, 0.1) is 11.1 Å². The molecular weight excluding hydrogens is 219 g/mol. The third-order valence-electron chi connectivity index (χ3n) is 1.77. The molecule has 3 nitrogen and oxygen atoms in total. The lowest BCUT2D eigenvalue weighted by molar-refractivity contribution is -0.117. The SMILES string of the molecule is C[C@H](C#N)C(=O)Nc1ccc(Cl)c(F)c1. The zero-order valence-electron chi connectivity index (χ0n) is 7.92. The molecule has 1 rings (SSSR count). The van der Waals surface area contributed by atoms with Crippen LogP contribution in [0.15, 0.2) is 18.2 Å². The van der Waals surface area contributed by atoms with Gasteiger partial charge in [0, 0.05) is 5.69 Å². The lowest BCUT2D eigenvalue weighted by Crippen LogP contribution is -2.18. The van der Waals surface area contributed by atoms with E-state index in [0.717, 1.165) is 6.07 Å². The Morgan fingerprint density at radius 2 is 2.33 bits per heavy atom. The third-order valence-corrected chi connectivity index (χ3v) is 2.08. The molecule has 1 aromatic rings. The fourth-order valence-electron chi connectivity index (χ4n) is 0.883. The summed E-state index contributed by atoms with van der Waals surface area (Å²) >= 11 is 5.47. The Labute approximate surface area is 91.5 Å². The van der Waals surface area contributed by atoms with Crippen LogP contribution in [0, 0.1) is 23.1 Å². The Hall–Kier alpha value is -1.60. The summed E-state index contributed by atoms with van der Waals surface area (Å²) in [6, 6.07) is 5.68. The molecule has 0 aliphatic heterocycles. The number of carbonyl (C=O) groups excluding carboxylic acids is 1. The molecule has 0 heterocycles. The Morgan fingerprint density at radius 3 is 2.87 bits per heavy atom. The highest BCUT2D eigenvalue weighted by atomic mass is 35.5. The van der Waals surface area contributed by atoms with E-state index in [2.05, 4.69) is 5.32 Å². The molecule has 0 spiro atoms. The topological polar surface area (TPSA) is 52.9 Å². The van der Waals surface area contributed by atoms with Crippen LogP contribution in [0.3, 0.4) is 0 Å². The zero-order chi connectivity index (χ0) is 11.4. The van der Waals surface area contributed by atoms with E-state index in [0.29, 0.717) is 0 Å². The van der Waals surface area contributed by atoms with Gasteiger partial charge in [0.1, 0.15) is 11.7 Å². The fourth-order valence-corrected chi connectivity index (χ4v) is 1.00. The molecule has 1 aromatic carbocycles. The fraction of sp³-hybridized carbons (Fsp3) is 0.200. The second kappa shape index (κ2) is 4.76. The molecule has 0 fully saturated rings. The molecule has 1 N–H and O–H groups in total. The molecule has 1 amide bonds. The minimum atomic E-state index is -0.774. The molecule has 0 saturated heterocycles. The summed E-state index contributed by atoms with van der Waals surface area (Å²) in [6.45, 7) is 1.46. The van der Waals surface area contributed by atoms with Crippen LogP contribution in [0.4, 0.5) is 10.1 Å². The summed E-state index contributed by atoms with van der Waals surface area (Å²) in [6.07, 6.45) is 0. The van der Waals surface area contributed by atoms with E-state index in [1.165, 1.54) is 19.1 Å². The number of nitrogens with one attached hydrogen (secondary N) is 1. The lowest BCUT2D eigenvalue weighted by atomic mass is 10.2. The number of nitriles is 1. The first-order valence-electron chi connectivity index (χ1n) is 4.20. The van der Waals surface area contributed by atoms with Crippen molar-refractivity contribution in [3.8, 4) is 6.07 Å². The maximum atomic E-state index is 13.0. The number of amides is 1. The average Bonchev–Trinajstić information content (AvgIpc) is 2.22. The van der Waals surface area contributed by atoms with Gasteiger partial charge in [-0.15, -0.1) is 0 Å². The molecule has 0 unspecified atom stereocenters. The number of rotatable bonds is 2. The van der Waals surface area contributed by atoms with Crippen LogP contribution in [0.2, 0.25) is 5.02 Å². The monoisotopic (exact) mass is 226 g/mol. The summed E-state index contributed by atoms with van der Waals surface area (Å²) in [4.78, 5) is 11.3. The van der Waals surface area contributed by atoms with Gasteiger partial charge in [-0.05, 0) is 25.1 Å². The largest absolute Gasteiger partial charge is 0.325 e. The van der Waals surface area contributed by atoms with E-state index in [-0.39, 0.29) is 10.7 Å². The van der Waals surface area contributed by atoms with E-state index >= 15 is 0 Å². The van der Waals surface area contributed by atoms with Gasteiger partial charge in [0.25, 0.3) is 0 Å². The highest BCUT2D eigenvalue weighted by Crippen LogP contribution is 2.18. The number of hydrogen-bond acceptors (Lipinski definition) is 2. The first kappa shape index (κ1) is 11.5. The van der Waals surface area contributed by atoms with Crippen molar-refractivity contribution in [1.82, 2.24) is 0 Å². The van der Waals surface area contributed by atoms with Crippen molar-refractivity contribution in [2.75, 3.05) is 5.32 Å². The van der Waals surface area contributed by atoms with E-state index in [1.54, 1.807) is 6.07 Å². The molecule has 0 aliphatic carbocycles. The predicted octanol–water partition coefficient (Wildman–Crippen LogP) is 2.58. The predicted molar refractivity (Wildman–Crippen MR) is 54.8 cm³/mol. The summed E-state index contributed by atoms with van der Waals surface area (Å²) in [7, 11) is 0. The minimum Gasteiger partial charge on any atom is -0.325 e. The van der Waals surface area contributed by atoms with Crippen LogP contribution in [-0.2, 0) is 4.79 Å². The van der Waals surface area contributed by atoms with Gasteiger partial charge in [0.15, 0.2) is 0 Å². The Kier molecular flexibility index (Phi) is 3.64. The molecule has 15 heavy (non-hydrogen) atoms. The van der Waals surface area contributed by atoms with Gasteiger partial charge in [-0.3, -0.25) is 4.79 Å². The van der Waals surface area contributed by atoms with E-state index in [4.69, 9.17) is 16.9 Å². The lowest BCUT2D eigenvalue weighted by Gasteiger charge is -2.06. The van der Waals surface area contributed by atoms with Gasteiger partial charge >= 0.3 is 0 Å². The smallest absolute Gasteiger partial charge is 0.241 e. The first-order chi connectivity index (χ1) is 7.04. The Balaban J connectivity index is 2.78. The van der Waals surface area contributed by atoms with Gasteiger partial charge < -0.3 is 5.32 Å². The number of nitrogens with zero attached hydrogens (tertiary/aromatic N) is 1. The maximum absolute atomic E-state index is 13.0. The van der Waals surface area contributed by atoms with Crippen LogP contribution in [0.1, 0.15) is 6.92 Å². The van der Waals surface area contributed by atoms with Crippen molar-refractivity contribution < 1.29 is 9.18 Å². The number of carbonyl (C=O) groups is 1. The zero-order valence-corrected chi connectivity index (χ0v) is 8.68. The van der Waals surface area contributed by atoms with Crippen molar-refractivity contribution in [2.45, 2.75) is 6.92 Å². The minimum absolute atomic E-state index is 0.0127. The second-order valence-electron chi connectivity index (χ2n) is 2.97. The van der Waals surface area contributed by atoms with E-state index < -0.39 is 17.6 Å². The number of anilines is 1. The van der Waals surface area contributed by atoms with Crippen molar-refractivity contribution in [2.24, 2.45) is 5.92 Å². The molecular formula is C10H8ClFN2O. The summed E-state index contributed by atoms with van der Waals surface area (Å²) in [5.41, 5.74) is 0.281. The van der Waals surface area contributed by atoms with Crippen molar-refractivity contribution in [1.29, 1.82) is 5.26 Å². The van der Waals surface area contributed by atoms with E-state index in [1.807, 2.05) is 0 Å². The van der Waals surface area contributed by atoms with Gasteiger partial charge in [-0.2, -0.15) is 5.26 Å². The average molecular weight is 227 g/mol. The quantitative estimate of drug-likeness (QED) is 0.843. The van der Waals surface area contributed by atoms with Gasteiger partial charge in [-0.1, -0.05) is 11.6 Å². The molecule has 0 aromatic heterocycles. The van der Waals surface area contributed by atoms with Crippen LogP contribution in [0.25, 0.3) is 0 Å². The second-order valence-corrected chi connectivity index (χ2v) is 3.38. The highest BCUT2D eigenvalue weighted by molar-refractivity contribution is 6.30. The summed E-state index contributed by atoms with van der Waals surface area (Å²) in [5.74, 6) is -1.86. The Morgan fingerprint density at radius 1 is 1.67 bits per heavy atom. The molecule has 0 bridgehead atoms. The number of hydrogen-bond donors (Lipinski definition) is 1. The molecule has 78 valence electrons. The highest BCUT2D eigenvalue weighted by Gasteiger charge is 2.12. The van der Waals surface area contributed by atoms with Gasteiger partial charge in [0.2, 0.25) is 5.91 Å². The molecule has 0 aliphatic rings. The maximum Gasteiger partial charge on any atom is 0.241 e. The van der Waals surface area contributed by atoms with Crippen molar-refractivity contribution in [3.05, 3.63) is 29.0 Å². The van der Waals surface area contributed by atoms with Crippen molar-refractivity contribution in [3.63, 3.8) is 0 Å². The number of halogens is 2. The van der Waals surface area contributed by atoms with Crippen LogP contribution >= 0.6 is 11.6 Å². The summed E-state index contributed by atoms with van der Waals surface area (Å²) < 4.78 is 13.0. The van der Waals surface area contributed by atoms with Crippen LogP contribution < -0.4 is 5.32 Å². The first-order valence-corrected chi connectivity index (χ1v) is 4.58. The van der Waals surface area contributed by atoms with Crippen molar-refractivity contribution >= 4 is 23.2 Å². The Bertz CT molecular complexity index is 428. The van der Waals surface area contributed by atoms with E-state index in [9.17, 15) is 9.18 Å². The molecule has 0 radical (unpaired) electrons. The normalized spacial score (nSPS) is 11.6.